The molecule has 2 unspecified atom stereocenters. The topological polar surface area (TPSA) is 87.7 Å². The van der Waals surface area contributed by atoms with E-state index in [1.54, 1.807) is 37.8 Å². The van der Waals surface area contributed by atoms with Gasteiger partial charge in [0.15, 0.2) is 0 Å². The Hall–Kier alpha value is -3.01. The van der Waals surface area contributed by atoms with Crippen LogP contribution in [0.4, 0.5) is 4.79 Å². The number of alkyl carbamates (subject to hydrolysis) is 1. The Morgan fingerprint density at radius 3 is 2.19 bits per heavy atom. The van der Waals surface area contributed by atoms with Crippen LogP contribution in [0.15, 0.2) is 24.3 Å². The molecule has 7 heteroatoms. The number of ether oxygens (including phenoxy) is 1. The molecule has 0 aliphatic heterocycles. The van der Waals surface area contributed by atoms with Crippen molar-refractivity contribution in [3.8, 4) is 12.3 Å². The first-order chi connectivity index (χ1) is 16.9. The van der Waals surface area contributed by atoms with E-state index in [1.165, 1.54) is 6.42 Å². The van der Waals surface area contributed by atoms with Crippen LogP contribution in [-0.4, -0.2) is 46.5 Å². The second-order valence-electron chi connectivity index (χ2n) is 11.2. The molecule has 2 N–H and O–H groups in total. The van der Waals surface area contributed by atoms with Crippen molar-refractivity contribution < 1.29 is 19.1 Å². The highest BCUT2D eigenvalue weighted by atomic mass is 16.6. The molecule has 0 spiro atoms. The average Bonchev–Trinajstić information content (AvgIpc) is 2.79. The number of amides is 3. The molecule has 0 saturated heterocycles. The molecule has 1 aromatic carbocycles. The van der Waals surface area contributed by atoms with E-state index in [9.17, 15) is 14.4 Å². The minimum atomic E-state index is -0.937. The van der Waals surface area contributed by atoms with Gasteiger partial charge in [0.25, 0.3) is 0 Å². The fourth-order valence-electron chi connectivity index (χ4n) is 4.60. The molecule has 198 valence electrons. The van der Waals surface area contributed by atoms with Crippen LogP contribution in [-0.2, 0) is 14.3 Å². The highest BCUT2D eigenvalue weighted by molar-refractivity contribution is 5.93. The molecule has 0 radical (unpaired) electrons. The second-order valence-corrected chi connectivity index (χ2v) is 11.2. The van der Waals surface area contributed by atoms with Gasteiger partial charge in [-0.25, -0.2) is 4.79 Å². The Labute approximate surface area is 216 Å². The molecule has 7 nitrogen and oxygen atoms in total. The third-order valence-electron chi connectivity index (χ3n) is 6.30. The fourth-order valence-corrected chi connectivity index (χ4v) is 4.60. The van der Waals surface area contributed by atoms with Crippen molar-refractivity contribution >= 4 is 17.9 Å². The highest BCUT2D eigenvalue weighted by Crippen LogP contribution is 2.29. The minimum absolute atomic E-state index is 0.0663. The maximum Gasteiger partial charge on any atom is 0.408 e. The van der Waals surface area contributed by atoms with E-state index in [1.807, 2.05) is 39.8 Å². The van der Waals surface area contributed by atoms with Gasteiger partial charge in [-0.1, -0.05) is 57.2 Å². The Balaban J connectivity index is 2.49. The summed E-state index contributed by atoms with van der Waals surface area (Å²) in [5, 5.41) is 5.92. The Morgan fingerprint density at radius 2 is 1.67 bits per heavy atom. The van der Waals surface area contributed by atoms with Crippen LogP contribution in [0.5, 0.6) is 0 Å². The molecular formula is C29H43N3O4. The van der Waals surface area contributed by atoms with E-state index in [-0.39, 0.29) is 29.8 Å². The summed E-state index contributed by atoms with van der Waals surface area (Å²) >= 11 is 0. The fraction of sp³-hybridized carbons (Fsp3) is 0.621. The van der Waals surface area contributed by atoms with Crippen LogP contribution in [0.3, 0.4) is 0 Å². The molecule has 1 aromatic rings. The van der Waals surface area contributed by atoms with E-state index in [0.29, 0.717) is 11.1 Å². The predicted octanol–water partition coefficient (Wildman–Crippen LogP) is 4.94. The lowest BCUT2D eigenvalue weighted by molar-refractivity contribution is -0.145. The summed E-state index contributed by atoms with van der Waals surface area (Å²) in [7, 11) is 0. The van der Waals surface area contributed by atoms with E-state index < -0.39 is 23.8 Å². The number of nitrogens with zero attached hydrogens (tertiary/aromatic N) is 1. The normalized spacial score (nSPS) is 16.1. The van der Waals surface area contributed by atoms with Gasteiger partial charge in [0.1, 0.15) is 17.7 Å². The Kier molecular flexibility index (Phi) is 10.4. The zero-order chi connectivity index (χ0) is 27.0. The summed E-state index contributed by atoms with van der Waals surface area (Å²) in [6, 6.07) is 5.12. The molecule has 0 aromatic heterocycles. The first kappa shape index (κ1) is 29.2. The molecule has 2 rings (SSSR count). The monoisotopic (exact) mass is 497 g/mol. The number of rotatable bonds is 8. The van der Waals surface area contributed by atoms with Crippen LogP contribution >= 0.6 is 0 Å². The summed E-state index contributed by atoms with van der Waals surface area (Å²) < 4.78 is 5.41. The molecule has 0 heterocycles. The SMILES string of the molecule is C#Cc1ccccc1C(C(=O)NC1CCCCC1)N(C(=O)C(NC(=O)OC(C)(C)C)C(C)C)C(C)C. The average molecular weight is 498 g/mol. The minimum Gasteiger partial charge on any atom is -0.444 e. The van der Waals surface area contributed by atoms with Gasteiger partial charge in [0, 0.05) is 17.6 Å². The van der Waals surface area contributed by atoms with Crippen molar-refractivity contribution in [1.82, 2.24) is 15.5 Å². The van der Waals surface area contributed by atoms with Crippen LogP contribution in [0.2, 0.25) is 0 Å². The zero-order valence-corrected chi connectivity index (χ0v) is 22.9. The van der Waals surface area contributed by atoms with Gasteiger partial charge < -0.3 is 20.3 Å². The van der Waals surface area contributed by atoms with Gasteiger partial charge in [-0.15, -0.1) is 6.42 Å². The van der Waals surface area contributed by atoms with Crippen molar-refractivity contribution in [2.75, 3.05) is 0 Å². The molecule has 0 bridgehead atoms. The lowest BCUT2D eigenvalue weighted by Crippen LogP contribution is -2.57. The Bertz CT molecular complexity index is 952. The maximum atomic E-state index is 14.1. The van der Waals surface area contributed by atoms with Crippen molar-refractivity contribution in [1.29, 1.82) is 0 Å². The van der Waals surface area contributed by atoms with E-state index >= 15 is 0 Å². The maximum absolute atomic E-state index is 14.1. The van der Waals surface area contributed by atoms with Crippen LogP contribution in [0.25, 0.3) is 0 Å². The van der Waals surface area contributed by atoms with Gasteiger partial charge in [-0.3, -0.25) is 9.59 Å². The van der Waals surface area contributed by atoms with E-state index in [0.717, 1.165) is 25.7 Å². The third-order valence-corrected chi connectivity index (χ3v) is 6.30. The molecule has 36 heavy (non-hydrogen) atoms. The van der Waals surface area contributed by atoms with Crippen LogP contribution < -0.4 is 10.6 Å². The largest absolute Gasteiger partial charge is 0.444 e. The van der Waals surface area contributed by atoms with Crippen LogP contribution in [0, 0.1) is 18.3 Å². The zero-order valence-electron chi connectivity index (χ0n) is 22.9. The van der Waals surface area contributed by atoms with Gasteiger partial charge in [-0.2, -0.15) is 0 Å². The quantitative estimate of drug-likeness (QED) is 0.498. The lowest BCUT2D eigenvalue weighted by Gasteiger charge is -2.39. The molecule has 1 aliphatic rings. The van der Waals surface area contributed by atoms with Gasteiger partial charge in [-0.05, 0) is 65.0 Å². The first-order valence-corrected chi connectivity index (χ1v) is 13.0. The number of carbonyl (C=O) groups excluding carboxylic acids is 3. The molecule has 1 fully saturated rings. The molecule has 3 amide bonds. The number of hydrogen-bond acceptors (Lipinski definition) is 4. The molecule has 2 atom stereocenters. The van der Waals surface area contributed by atoms with Crippen molar-refractivity contribution in [3.63, 3.8) is 0 Å². The molecular weight excluding hydrogens is 454 g/mol. The predicted molar refractivity (Wildman–Crippen MR) is 142 cm³/mol. The summed E-state index contributed by atoms with van der Waals surface area (Å²) in [5.74, 6) is 1.81. The summed E-state index contributed by atoms with van der Waals surface area (Å²) in [6.45, 7) is 12.7. The number of carbonyl (C=O) groups is 3. The first-order valence-electron chi connectivity index (χ1n) is 13.0. The summed E-state index contributed by atoms with van der Waals surface area (Å²) in [5.41, 5.74) is 0.441. The number of benzene rings is 1. The molecule has 1 saturated carbocycles. The van der Waals surface area contributed by atoms with Gasteiger partial charge >= 0.3 is 6.09 Å². The van der Waals surface area contributed by atoms with Gasteiger partial charge in [0.05, 0.1) is 0 Å². The number of hydrogen-bond donors (Lipinski definition) is 2. The molecule has 1 aliphatic carbocycles. The van der Waals surface area contributed by atoms with Crippen molar-refractivity contribution in [2.24, 2.45) is 5.92 Å². The van der Waals surface area contributed by atoms with Crippen molar-refractivity contribution in [2.45, 2.75) is 110 Å². The smallest absolute Gasteiger partial charge is 0.408 e. The third kappa shape index (κ3) is 8.01. The number of nitrogens with one attached hydrogen (secondary N) is 2. The lowest BCUT2D eigenvalue weighted by atomic mass is 9.92. The van der Waals surface area contributed by atoms with Gasteiger partial charge in [0.2, 0.25) is 11.8 Å². The summed E-state index contributed by atoms with van der Waals surface area (Å²) in [6.07, 6.45) is 10.3. The van der Waals surface area contributed by atoms with E-state index in [2.05, 4.69) is 16.6 Å². The standard InChI is InChI=1S/C29H43N3O4/c1-9-21-15-13-14-18-23(21)25(26(33)30-22-16-11-10-12-17-22)32(20(4)5)27(34)24(19(2)3)31-28(35)36-29(6,7)8/h1,13-15,18-20,22,24-25H,10-12,16-17H2,2-8H3,(H,30,33)(H,31,35). The van der Waals surface area contributed by atoms with E-state index in [4.69, 9.17) is 11.2 Å². The van der Waals surface area contributed by atoms with Crippen molar-refractivity contribution in [3.05, 3.63) is 35.4 Å². The van der Waals surface area contributed by atoms with Crippen LogP contribution in [0.1, 0.15) is 97.7 Å². The summed E-state index contributed by atoms with van der Waals surface area (Å²) in [4.78, 5) is 42.1. The number of terminal acetylenes is 1. The highest BCUT2D eigenvalue weighted by Gasteiger charge is 2.40. The second kappa shape index (κ2) is 12.8. The Morgan fingerprint density at radius 1 is 1.06 bits per heavy atom.